The van der Waals surface area contributed by atoms with Crippen LogP contribution >= 0.6 is 24.0 Å². The van der Waals surface area contributed by atoms with Crippen LogP contribution in [0.2, 0.25) is 0 Å². The second-order valence-corrected chi connectivity index (χ2v) is 8.17. The Hall–Kier alpha value is -0.120. The molecule has 0 amide bonds. The van der Waals surface area contributed by atoms with Gasteiger partial charge in [0.05, 0.1) is 24.9 Å². The van der Waals surface area contributed by atoms with Crippen molar-refractivity contribution >= 4 is 29.9 Å². The first-order chi connectivity index (χ1) is 11.9. The Morgan fingerprint density at radius 2 is 1.96 bits per heavy atom. The summed E-state index contributed by atoms with van der Waals surface area (Å²) < 4.78 is 17.3. The number of likely N-dealkylation sites (tertiary alicyclic amines) is 1. The monoisotopic (exact) mass is 483 g/mol. The lowest BCUT2D eigenvalue weighted by Crippen LogP contribution is -2.50. The number of hydrogen-bond acceptors (Lipinski definition) is 4. The average molecular weight is 483 g/mol. The molecule has 0 aromatic heterocycles. The van der Waals surface area contributed by atoms with Crippen molar-refractivity contribution in [1.82, 2.24) is 10.2 Å². The van der Waals surface area contributed by atoms with E-state index in [1.165, 1.54) is 6.42 Å². The maximum Gasteiger partial charge on any atom is 0.193 e. The predicted octanol–water partition coefficient (Wildman–Crippen LogP) is 2.90. The zero-order valence-corrected chi connectivity index (χ0v) is 19.5. The van der Waals surface area contributed by atoms with E-state index in [0.29, 0.717) is 12.2 Å². The molecule has 0 spiro atoms. The number of nitrogens with zero attached hydrogens (tertiary/aromatic N) is 2. The fraction of sp³-hybridized carbons (Fsp3) is 0.947. The highest BCUT2D eigenvalue weighted by molar-refractivity contribution is 14.0. The molecule has 2 atom stereocenters. The van der Waals surface area contributed by atoms with Crippen LogP contribution in [-0.2, 0) is 14.2 Å². The number of aliphatic imine (C=N–C) groups is 1. The molecule has 26 heavy (non-hydrogen) atoms. The van der Waals surface area contributed by atoms with E-state index >= 15 is 0 Å². The van der Waals surface area contributed by atoms with Crippen molar-refractivity contribution in [3.63, 3.8) is 0 Å². The summed E-state index contributed by atoms with van der Waals surface area (Å²) in [7, 11) is 3.62. The van der Waals surface area contributed by atoms with Crippen molar-refractivity contribution in [2.75, 3.05) is 47.0 Å². The SMILES string of the molecule is CN=C(NCC(OC)C(C)(C)C)N1CCC(OCC2CCCO2)CC1.I. The Balaban J connectivity index is 0.00000338. The van der Waals surface area contributed by atoms with E-state index in [-0.39, 0.29) is 35.5 Å². The van der Waals surface area contributed by atoms with Gasteiger partial charge in [-0.15, -0.1) is 24.0 Å². The first-order valence-electron chi connectivity index (χ1n) is 9.65. The Morgan fingerprint density at radius 3 is 2.46 bits per heavy atom. The van der Waals surface area contributed by atoms with E-state index in [1.807, 2.05) is 7.05 Å². The fourth-order valence-corrected chi connectivity index (χ4v) is 3.51. The van der Waals surface area contributed by atoms with Crippen LogP contribution < -0.4 is 5.32 Å². The summed E-state index contributed by atoms with van der Waals surface area (Å²) in [6.07, 6.45) is 5.21. The third-order valence-electron chi connectivity index (χ3n) is 5.19. The van der Waals surface area contributed by atoms with E-state index in [4.69, 9.17) is 14.2 Å². The lowest BCUT2D eigenvalue weighted by molar-refractivity contribution is -0.0368. The standard InChI is InChI=1S/C19H37N3O3.HI/c1-19(2,3)17(23-5)13-21-18(20-4)22-10-8-15(9-11-22)25-14-16-7-6-12-24-16;/h15-17H,6-14H2,1-5H3,(H,20,21);1H. The van der Waals surface area contributed by atoms with Gasteiger partial charge in [0.1, 0.15) is 0 Å². The molecule has 0 bridgehead atoms. The minimum Gasteiger partial charge on any atom is -0.379 e. The Morgan fingerprint density at radius 1 is 1.27 bits per heavy atom. The number of halogens is 1. The van der Waals surface area contributed by atoms with Crippen LogP contribution in [0.3, 0.4) is 0 Å². The Labute approximate surface area is 176 Å². The number of methoxy groups -OCH3 is 1. The van der Waals surface area contributed by atoms with Crippen LogP contribution in [0, 0.1) is 5.41 Å². The smallest absolute Gasteiger partial charge is 0.193 e. The molecule has 2 saturated heterocycles. The van der Waals surface area contributed by atoms with Gasteiger partial charge in [0.15, 0.2) is 5.96 Å². The van der Waals surface area contributed by atoms with Crippen molar-refractivity contribution < 1.29 is 14.2 Å². The number of piperidine rings is 1. The average Bonchev–Trinajstić information content (AvgIpc) is 3.10. The second-order valence-electron chi connectivity index (χ2n) is 8.17. The number of nitrogens with one attached hydrogen (secondary N) is 1. The van der Waals surface area contributed by atoms with Crippen molar-refractivity contribution in [3.8, 4) is 0 Å². The quantitative estimate of drug-likeness (QED) is 0.358. The van der Waals surface area contributed by atoms with Crippen molar-refractivity contribution in [3.05, 3.63) is 0 Å². The molecule has 2 fully saturated rings. The topological polar surface area (TPSA) is 55.3 Å². The first-order valence-corrected chi connectivity index (χ1v) is 9.65. The molecule has 2 unspecified atom stereocenters. The van der Waals surface area contributed by atoms with Gasteiger partial charge < -0.3 is 24.4 Å². The van der Waals surface area contributed by atoms with Gasteiger partial charge in [-0.2, -0.15) is 0 Å². The van der Waals surface area contributed by atoms with E-state index in [1.54, 1.807) is 7.11 Å². The van der Waals surface area contributed by atoms with Gasteiger partial charge in [-0.05, 0) is 31.1 Å². The predicted molar refractivity (Wildman–Crippen MR) is 117 cm³/mol. The number of hydrogen-bond donors (Lipinski definition) is 1. The molecule has 2 aliphatic rings. The van der Waals surface area contributed by atoms with Crippen molar-refractivity contribution in [2.45, 2.75) is 64.8 Å². The first kappa shape index (κ1) is 23.9. The fourth-order valence-electron chi connectivity index (χ4n) is 3.51. The van der Waals surface area contributed by atoms with Gasteiger partial charge in [-0.3, -0.25) is 4.99 Å². The van der Waals surface area contributed by atoms with E-state index in [2.05, 4.69) is 36.0 Å². The maximum absolute atomic E-state index is 6.06. The minimum atomic E-state index is 0. The Bertz CT molecular complexity index is 415. The molecule has 6 nitrogen and oxygen atoms in total. The largest absolute Gasteiger partial charge is 0.379 e. The summed E-state index contributed by atoms with van der Waals surface area (Å²) in [5.41, 5.74) is 0.101. The molecular weight excluding hydrogens is 445 g/mol. The molecule has 0 aliphatic carbocycles. The highest BCUT2D eigenvalue weighted by Gasteiger charge is 2.27. The van der Waals surface area contributed by atoms with Gasteiger partial charge in [-0.25, -0.2) is 0 Å². The summed E-state index contributed by atoms with van der Waals surface area (Å²) in [4.78, 5) is 6.77. The van der Waals surface area contributed by atoms with E-state index < -0.39 is 0 Å². The third-order valence-corrected chi connectivity index (χ3v) is 5.19. The normalized spacial score (nSPS) is 23.7. The number of guanidine groups is 1. The van der Waals surface area contributed by atoms with Gasteiger partial charge in [-0.1, -0.05) is 20.8 Å². The molecule has 2 rings (SSSR count). The zero-order chi connectivity index (χ0) is 18.3. The third kappa shape index (κ3) is 7.48. The molecule has 0 aromatic rings. The highest BCUT2D eigenvalue weighted by atomic mass is 127. The Kier molecular flexibility index (Phi) is 10.7. The molecule has 2 aliphatic heterocycles. The molecular formula is C19H38IN3O3. The van der Waals surface area contributed by atoms with E-state index in [9.17, 15) is 0 Å². The molecule has 0 saturated carbocycles. The van der Waals surface area contributed by atoms with Crippen LogP contribution in [0.25, 0.3) is 0 Å². The molecule has 0 radical (unpaired) electrons. The molecule has 0 aromatic carbocycles. The molecule has 1 N–H and O–H groups in total. The number of rotatable bonds is 6. The van der Waals surface area contributed by atoms with Crippen LogP contribution in [0.1, 0.15) is 46.5 Å². The summed E-state index contributed by atoms with van der Waals surface area (Å²) in [6, 6.07) is 0. The maximum atomic E-state index is 6.06. The number of ether oxygens (including phenoxy) is 3. The molecule has 2 heterocycles. The minimum absolute atomic E-state index is 0. The molecule has 7 heteroatoms. The second kappa shape index (κ2) is 11.7. The molecule has 154 valence electrons. The zero-order valence-electron chi connectivity index (χ0n) is 17.1. The summed E-state index contributed by atoms with van der Waals surface area (Å²) in [5, 5.41) is 3.48. The summed E-state index contributed by atoms with van der Waals surface area (Å²) >= 11 is 0. The summed E-state index contributed by atoms with van der Waals surface area (Å²) in [6.45, 7) is 11.0. The summed E-state index contributed by atoms with van der Waals surface area (Å²) in [5.74, 6) is 0.962. The van der Waals surface area contributed by atoms with Crippen LogP contribution in [0.4, 0.5) is 0 Å². The van der Waals surface area contributed by atoms with Crippen LogP contribution in [0.5, 0.6) is 0 Å². The van der Waals surface area contributed by atoms with Gasteiger partial charge in [0.25, 0.3) is 0 Å². The van der Waals surface area contributed by atoms with Crippen molar-refractivity contribution in [2.24, 2.45) is 10.4 Å². The van der Waals surface area contributed by atoms with E-state index in [0.717, 1.165) is 58.1 Å². The van der Waals surface area contributed by atoms with Gasteiger partial charge in [0, 0.05) is 40.4 Å². The van der Waals surface area contributed by atoms with Crippen molar-refractivity contribution in [1.29, 1.82) is 0 Å². The van der Waals surface area contributed by atoms with Gasteiger partial charge >= 0.3 is 0 Å². The lowest BCUT2D eigenvalue weighted by Gasteiger charge is -2.36. The highest BCUT2D eigenvalue weighted by Crippen LogP contribution is 2.21. The van der Waals surface area contributed by atoms with Crippen LogP contribution in [-0.4, -0.2) is 76.2 Å². The lowest BCUT2D eigenvalue weighted by atomic mass is 9.89. The van der Waals surface area contributed by atoms with Gasteiger partial charge in [0.2, 0.25) is 0 Å². The van der Waals surface area contributed by atoms with Crippen LogP contribution in [0.15, 0.2) is 4.99 Å².